The highest BCUT2D eigenvalue weighted by Crippen LogP contribution is 2.34. The number of piperazine rings is 1. The van der Waals surface area contributed by atoms with Crippen LogP contribution in [0.2, 0.25) is 0 Å². The number of aromatic nitrogens is 2. The molecule has 0 spiro atoms. The number of anilines is 4. The van der Waals surface area contributed by atoms with Gasteiger partial charge in [0.05, 0.1) is 32.1 Å². The van der Waals surface area contributed by atoms with Crippen LogP contribution in [0.25, 0.3) is 0 Å². The number of halogens is 3. The van der Waals surface area contributed by atoms with Crippen molar-refractivity contribution in [1.29, 1.82) is 5.26 Å². The summed E-state index contributed by atoms with van der Waals surface area (Å²) in [5.74, 6) is -0.288. The molecule has 40 heavy (non-hydrogen) atoms. The Morgan fingerprint density at radius 3 is 2.80 bits per heavy atom. The summed E-state index contributed by atoms with van der Waals surface area (Å²) in [5.41, 5.74) is 1.63. The number of rotatable bonds is 9. The fourth-order valence-electron chi connectivity index (χ4n) is 4.83. The smallest absolute Gasteiger partial charge is 0.379 e. The summed E-state index contributed by atoms with van der Waals surface area (Å²) in [6.45, 7) is 6.28. The molecule has 216 valence electrons. The van der Waals surface area contributed by atoms with E-state index in [1.165, 1.54) is 0 Å². The number of carbonyl (C=O) groups excluding carboxylic acids is 1. The Morgan fingerprint density at radius 2 is 2.05 bits per heavy atom. The number of benzene rings is 1. The van der Waals surface area contributed by atoms with Crippen LogP contribution in [0.1, 0.15) is 30.4 Å². The molecule has 2 saturated heterocycles. The molecule has 0 unspecified atom stereocenters. The van der Waals surface area contributed by atoms with Gasteiger partial charge in [0, 0.05) is 62.9 Å². The predicted octanol–water partition coefficient (Wildman–Crippen LogP) is 3.63. The maximum absolute atomic E-state index is 13.7. The van der Waals surface area contributed by atoms with Crippen molar-refractivity contribution in [2.75, 3.05) is 75.1 Å². The van der Waals surface area contributed by atoms with Crippen LogP contribution >= 0.6 is 0 Å². The molecule has 1 amide bonds. The molecule has 3 heterocycles. The summed E-state index contributed by atoms with van der Waals surface area (Å²) >= 11 is 0. The van der Waals surface area contributed by atoms with Gasteiger partial charge in [-0.1, -0.05) is 0 Å². The van der Waals surface area contributed by atoms with E-state index in [1.807, 2.05) is 32.2 Å². The molecule has 1 aromatic carbocycles. The van der Waals surface area contributed by atoms with E-state index in [2.05, 4.69) is 36.5 Å². The number of hydrogen-bond donors (Lipinski definition) is 2. The highest BCUT2D eigenvalue weighted by molar-refractivity contribution is 5.76. The number of nitriles is 1. The van der Waals surface area contributed by atoms with E-state index in [0.29, 0.717) is 51.3 Å². The number of amides is 1. The third kappa shape index (κ3) is 7.51. The van der Waals surface area contributed by atoms with Crippen LogP contribution in [0.4, 0.5) is 36.3 Å². The Morgan fingerprint density at radius 1 is 1.23 bits per heavy atom. The van der Waals surface area contributed by atoms with Crippen LogP contribution in [-0.2, 0) is 15.7 Å². The minimum Gasteiger partial charge on any atom is -0.379 e. The van der Waals surface area contributed by atoms with Crippen LogP contribution in [0, 0.1) is 18.3 Å². The van der Waals surface area contributed by atoms with Gasteiger partial charge in [-0.15, -0.1) is 0 Å². The Hall–Kier alpha value is -3.63. The third-order valence-corrected chi connectivity index (χ3v) is 7.24. The number of nitrogens with one attached hydrogen (secondary N) is 2. The summed E-state index contributed by atoms with van der Waals surface area (Å²) in [6.07, 6.45) is -2.63. The van der Waals surface area contributed by atoms with Gasteiger partial charge >= 0.3 is 6.18 Å². The Bertz CT molecular complexity index is 1220. The Kier molecular flexibility index (Phi) is 9.65. The predicted molar refractivity (Wildman–Crippen MR) is 145 cm³/mol. The zero-order valence-electron chi connectivity index (χ0n) is 22.8. The van der Waals surface area contributed by atoms with E-state index >= 15 is 0 Å². The van der Waals surface area contributed by atoms with Crippen LogP contribution in [0.5, 0.6) is 0 Å². The quantitative estimate of drug-likeness (QED) is 0.445. The van der Waals surface area contributed by atoms with E-state index in [9.17, 15) is 18.0 Å². The first-order valence-electron chi connectivity index (χ1n) is 13.4. The molecule has 2 N–H and O–H groups in total. The minimum atomic E-state index is -4.62. The summed E-state index contributed by atoms with van der Waals surface area (Å²) < 4.78 is 46.3. The van der Waals surface area contributed by atoms with Crippen molar-refractivity contribution in [3.63, 3.8) is 0 Å². The summed E-state index contributed by atoms with van der Waals surface area (Å²) in [7, 11) is 2.02. The number of carbonyl (C=O) groups is 1. The van der Waals surface area contributed by atoms with E-state index in [1.54, 1.807) is 4.90 Å². The van der Waals surface area contributed by atoms with Gasteiger partial charge in [0.1, 0.15) is 11.4 Å². The summed E-state index contributed by atoms with van der Waals surface area (Å²) in [6, 6.07) is 8.22. The van der Waals surface area contributed by atoms with Crippen molar-refractivity contribution in [3.05, 3.63) is 35.5 Å². The summed E-state index contributed by atoms with van der Waals surface area (Å²) in [5, 5.41) is 15.0. The lowest BCUT2D eigenvalue weighted by Gasteiger charge is -2.40. The highest BCUT2D eigenvalue weighted by Gasteiger charge is 2.35. The molecule has 0 saturated carbocycles. The average Bonchev–Trinajstić information content (AvgIpc) is 3.12. The van der Waals surface area contributed by atoms with E-state index in [0.717, 1.165) is 37.1 Å². The molecule has 1 atom stereocenters. The molecule has 1 aromatic heterocycles. The van der Waals surface area contributed by atoms with Crippen molar-refractivity contribution in [2.45, 2.75) is 38.4 Å². The lowest BCUT2D eigenvalue weighted by Crippen LogP contribution is -2.51. The highest BCUT2D eigenvalue weighted by atomic mass is 19.4. The lowest BCUT2D eigenvalue weighted by atomic mass is 10.1. The van der Waals surface area contributed by atoms with Crippen molar-refractivity contribution in [2.24, 2.45) is 0 Å². The number of alkyl halides is 3. The molecule has 0 aliphatic carbocycles. The van der Waals surface area contributed by atoms with Gasteiger partial charge in [-0.25, -0.2) is 4.98 Å². The summed E-state index contributed by atoms with van der Waals surface area (Å²) in [4.78, 5) is 26.3. The molecular weight excluding hydrogens is 525 g/mol. The van der Waals surface area contributed by atoms with Crippen LogP contribution in [0.15, 0.2) is 24.4 Å². The number of hydrogen-bond acceptors (Lipinski definition) is 9. The molecule has 2 aliphatic heterocycles. The van der Waals surface area contributed by atoms with Crippen LogP contribution in [-0.4, -0.2) is 91.2 Å². The standard InChI is InChI=1S/C27H35F3N8O2/c1-19-16-20(38-12-11-36(2)21(18-38)6-8-31)4-5-23(19)34-26-33-17-22(27(28,29)30)25(35-26)32-9-3-10-37-13-15-40-14-7-24(37)39/h4-5,16-17,21H,3,6-7,9-15,18H2,1-2H3,(H2,32,33,34,35)/t21-/m1/s1. The fourth-order valence-corrected chi connectivity index (χ4v) is 4.83. The Labute approximate surface area is 232 Å². The van der Waals surface area contributed by atoms with Crippen LogP contribution in [0.3, 0.4) is 0 Å². The zero-order valence-corrected chi connectivity index (χ0v) is 22.8. The van der Waals surface area contributed by atoms with Crippen LogP contribution < -0.4 is 15.5 Å². The van der Waals surface area contributed by atoms with E-state index < -0.39 is 11.7 Å². The van der Waals surface area contributed by atoms with E-state index in [-0.39, 0.29) is 30.3 Å². The van der Waals surface area contributed by atoms with Gasteiger partial charge < -0.3 is 25.2 Å². The first-order chi connectivity index (χ1) is 19.2. The normalized spacial score (nSPS) is 18.8. The van der Waals surface area contributed by atoms with Crippen molar-refractivity contribution in [3.8, 4) is 6.07 Å². The van der Waals surface area contributed by atoms with Crippen molar-refractivity contribution >= 4 is 29.0 Å². The first kappa shape index (κ1) is 29.4. The van der Waals surface area contributed by atoms with Gasteiger partial charge in [-0.05, 0) is 44.2 Å². The number of likely N-dealkylation sites (N-methyl/N-ethyl adjacent to an activating group) is 1. The SMILES string of the molecule is Cc1cc(N2CCN(C)[C@H](CC#N)C2)ccc1Nc1ncc(C(F)(F)F)c(NCCCN2CCOCCC2=O)n1. The maximum atomic E-state index is 13.7. The molecule has 2 aromatic rings. The molecule has 4 rings (SSSR count). The molecule has 0 radical (unpaired) electrons. The monoisotopic (exact) mass is 560 g/mol. The molecule has 2 aliphatic rings. The third-order valence-electron chi connectivity index (χ3n) is 7.24. The van der Waals surface area contributed by atoms with Gasteiger partial charge in [0.15, 0.2) is 0 Å². The van der Waals surface area contributed by atoms with Crippen molar-refractivity contribution < 1.29 is 22.7 Å². The molecule has 2 fully saturated rings. The number of aryl methyl sites for hydroxylation is 1. The topological polar surface area (TPSA) is 110 Å². The second-order valence-corrected chi connectivity index (χ2v) is 10.0. The molecule has 0 bridgehead atoms. The minimum absolute atomic E-state index is 0.0157. The van der Waals surface area contributed by atoms with E-state index in [4.69, 9.17) is 10.00 Å². The Balaban J connectivity index is 1.42. The largest absolute Gasteiger partial charge is 0.421 e. The molecule has 13 heteroatoms. The van der Waals surface area contributed by atoms with Gasteiger partial charge in [0.2, 0.25) is 11.9 Å². The molecule has 10 nitrogen and oxygen atoms in total. The number of nitrogens with zero attached hydrogens (tertiary/aromatic N) is 6. The lowest BCUT2D eigenvalue weighted by molar-refractivity contribution is -0.137. The average molecular weight is 561 g/mol. The second-order valence-electron chi connectivity index (χ2n) is 10.0. The fraction of sp³-hybridized carbons (Fsp3) is 0.556. The maximum Gasteiger partial charge on any atom is 0.421 e. The molecular formula is C27H35F3N8O2. The van der Waals surface area contributed by atoms with Crippen molar-refractivity contribution in [1.82, 2.24) is 19.8 Å². The van der Waals surface area contributed by atoms with Gasteiger partial charge in [-0.3, -0.25) is 9.69 Å². The van der Waals surface area contributed by atoms with Gasteiger partial charge in [-0.2, -0.15) is 23.4 Å². The zero-order chi connectivity index (χ0) is 28.7. The number of ether oxygens (including phenoxy) is 1. The first-order valence-corrected chi connectivity index (χ1v) is 13.4. The second kappa shape index (κ2) is 13.1. The van der Waals surface area contributed by atoms with Gasteiger partial charge in [0.25, 0.3) is 0 Å².